The van der Waals surface area contributed by atoms with Crippen LogP contribution in [-0.2, 0) is 4.74 Å². The Hall–Kier alpha value is -3.43. The Balaban J connectivity index is 1.75. The Labute approximate surface area is 193 Å². The van der Waals surface area contributed by atoms with Crippen LogP contribution in [0.2, 0.25) is 0 Å². The maximum absolute atomic E-state index is 10.5. The normalized spacial score (nSPS) is 16.3. The van der Waals surface area contributed by atoms with Gasteiger partial charge in [0.25, 0.3) is 0 Å². The third-order valence-electron chi connectivity index (χ3n) is 5.54. The van der Waals surface area contributed by atoms with Gasteiger partial charge in [0.2, 0.25) is 0 Å². The van der Waals surface area contributed by atoms with Crippen LogP contribution >= 0.6 is 0 Å². The van der Waals surface area contributed by atoms with Crippen molar-refractivity contribution >= 4 is 28.6 Å². The molecule has 33 heavy (non-hydrogen) atoms. The minimum atomic E-state index is -0.703. The van der Waals surface area contributed by atoms with Gasteiger partial charge in [0, 0.05) is 62.7 Å². The molecule has 9 nitrogen and oxygen atoms in total. The summed E-state index contributed by atoms with van der Waals surface area (Å²) in [7, 11) is 6.73. The molecule has 0 radical (unpaired) electrons. The molecule has 0 saturated heterocycles. The fourth-order valence-corrected chi connectivity index (χ4v) is 3.87. The molecule has 0 spiro atoms. The number of nitrogens with zero attached hydrogens (tertiary/aromatic N) is 5. The fraction of sp³-hybridized carbons (Fsp3) is 0.375. The van der Waals surface area contributed by atoms with Crippen LogP contribution in [0, 0.1) is 0 Å². The highest BCUT2D eigenvalue weighted by Gasteiger charge is 2.20. The minimum absolute atomic E-state index is 0.109. The molecule has 2 aromatic carbocycles. The van der Waals surface area contributed by atoms with Crippen LogP contribution in [0.4, 0.5) is 11.4 Å². The molecule has 1 unspecified atom stereocenters. The van der Waals surface area contributed by atoms with Crippen molar-refractivity contribution in [3.8, 4) is 11.5 Å². The van der Waals surface area contributed by atoms with Gasteiger partial charge in [-0.1, -0.05) is 0 Å². The van der Waals surface area contributed by atoms with Gasteiger partial charge in [0.15, 0.2) is 0 Å². The van der Waals surface area contributed by atoms with Crippen LogP contribution < -0.4 is 14.4 Å². The first kappa shape index (κ1) is 22.8. The van der Waals surface area contributed by atoms with Crippen molar-refractivity contribution in [2.75, 3.05) is 53.0 Å². The summed E-state index contributed by atoms with van der Waals surface area (Å²) in [6, 6.07) is 11.5. The molecule has 1 aliphatic rings. The highest BCUT2D eigenvalue weighted by atomic mass is 16.5. The second-order valence-electron chi connectivity index (χ2n) is 7.97. The Bertz CT molecular complexity index is 1120. The lowest BCUT2D eigenvalue weighted by atomic mass is 10.1. The van der Waals surface area contributed by atoms with Crippen molar-refractivity contribution in [3.05, 3.63) is 48.3 Å². The van der Waals surface area contributed by atoms with Crippen LogP contribution in [-0.4, -0.2) is 80.5 Å². The van der Waals surface area contributed by atoms with E-state index in [0.29, 0.717) is 18.0 Å². The van der Waals surface area contributed by atoms with Gasteiger partial charge in [-0.3, -0.25) is 9.99 Å². The van der Waals surface area contributed by atoms with Crippen LogP contribution in [0.1, 0.15) is 11.6 Å². The predicted octanol–water partition coefficient (Wildman–Crippen LogP) is 2.81. The average Bonchev–Trinajstić information content (AvgIpc) is 3.27. The van der Waals surface area contributed by atoms with Crippen LogP contribution in [0.3, 0.4) is 0 Å². The summed E-state index contributed by atoms with van der Waals surface area (Å²) in [5.74, 6) is 1.42. The molecule has 0 amide bonds. The largest absolute Gasteiger partial charge is 0.497 e. The van der Waals surface area contributed by atoms with E-state index in [1.165, 1.54) is 0 Å². The van der Waals surface area contributed by atoms with E-state index in [-0.39, 0.29) is 12.5 Å². The van der Waals surface area contributed by atoms with Gasteiger partial charge in [-0.15, -0.1) is 0 Å². The van der Waals surface area contributed by atoms with Crippen molar-refractivity contribution in [2.45, 2.75) is 12.0 Å². The smallest absolute Gasteiger partial charge is 0.124 e. The molecule has 2 heterocycles. The lowest BCUT2D eigenvalue weighted by molar-refractivity contribution is 0.0702. The van der Waals surface area contributed by atoms with Gasteiger partial charge in [-0.25, -0.2) is 4.98 Å². The molecule has 174 valence electrons. The van der Waals surface area contributed by atoms with Crippen LogP contribution in [0.5, 0.6) is 11.5 Å². The number of aromatic nitrogens is 2. The Morgan fingerprint density at radius 2 is 1.82 bits per heavy atom. The number of ether oxygens (including phenoxy) is 3. The Kier molecular flexibility index (Phi) is 6.90. The topological polar surface area (TPSA) is 92.5 Å². The van der Waals surface area contributed by atoms with E-state index in [1.807, 2.05) is 65.8 Å². The highest BCUT2D eigenvalue weighted by molar-refractivity contribution is 5.82. The molecule has 0 aliphatic carbocycles. The van der Waals surface area contributed by atoms with Crippen LogP contribution in [0.15, 0.2) is 47.7 Å². The molecule has 1 aliphatic heterocycles. The van der Waals surface area contributed by atoms with Crippen molar-refractivity contribution < 1.29 is 19.3 Å². The van der Waals surface area contributed by atoms with Crippen LogP contribution in [0.25, 0.3) is 11.0 Å². The highest BCUT2D eigenvalue weighted by Crippen LogP contribution is 2.34. The number of hydrazone groups is 1. The molecule has 9 heteroatoms. The summed E-state index contributed by atoms with van der Waals surface area (Å²) in [5, 5.41) is 16.7. The third-order valence-corrected chi connectivity index (χ3v) is 5.54. The van der Waals surface area contributed by atoms with E-state index in [2.05, 4.69) is 10.1 Å². The molecule has 4 rings (SSSR count). The number of hydrogen-bond donors (Lipinski definition) is 1. The zero-order valence-electron chi connectivity index (χ0n) is 19.3. The van der Waals surface area contributed by atoms with Crippen molar-refractivity contribution in [3.63, 3.8) is 0 Å². The molecular weight excluding hydrogens is 422 g/mol. The number of hydrogen-bond acceptors (Lipinski definition) is 9. The zero-order valence-corrected chi connectivity index (χ0v) is 19.3. The van der Waals surface area contributed by atoms with Gasteiger partial charge in [0.1, 0.15) is 11.5 Å². The number of aliphatic hydroxyl groups is 1. The van der Waals surface area contributed by atoms with Gasteiger partial charge in [-0.05, 0) is 18.2 Å². The number of anilines is 2. The number of fused-ring (bicyclic) bond motifs is 1. The standard InChI is InChI=1S/C24H29N5O4/c1-28-13-16(11-26-28)24-12-25-22-6-5-17(9-23(22)27-24)29(14-19(30)15-31-2)18-7-20(32-3)10-21(8-18)33-4/h5-12,16,19,30H,13-15H2,1-4H3/t16?,19-/m0/s1. The number of rotatable bonds is 9. The van der Waals surface area contributed by atoms with Gasteiger partial charge < -0.3 is 24.2 Å². The van der Waals surface area contributed by atoms with Gasteiger partial charge in [0.05, 0.1) is 56.1 Å². The minimum Gasteiger partial charge on any atom is -0.497 e. The predicted molar refractivity (Wildman–Crippen MR) is 128 cm³/mol. The first-order valence-electron chi connectivity index (χ1n) is 10.7. The zero-order chi connectivity index (χ0) is 23.4. The molecule has 0 fully saturated rings. The van der Waals surface area contributed by atoms with E-state index in [4.69, 9.17) is 19.2 Å². The molecule has 0 saturated carbocycles. The SMILES string of the molecule is COC[C@@H](O)CN(c1cc(OC)cc(OC)c1)c1ccc2ncc(C3C=NN(C)C3)nc2c1. The summed E-state index contributed by atoms with van der Waals surface area (Å²) in [6.07, 6.45) is 3.01. The van der Waals surface area contributed by atoms with Crippen molar-refractivity contribution in [2.24, 2.45) is 5.10 Å². The molecule has 0 bridgehead atoms. The third kappa shape index (κ3) is 5.15. The summed E-state index contributed by atoms with van der Waals surface area (Å²) in [5.41, 5.74) is 4.12. The second-order valence-corrected chi connectivity index (χ2v) is 7.97. The molecule has 3 aromatic rings. The lowest BCUT2D eigenvalue weighted by Gasteiger charge is -2.28. The summed E-state index contributed by atoms with van der Waals surface area (Å²) < 4.78 is 16.1. The van der Waals surface area contributed by atoms with E-state index in [1.54, 1.807) is 21.3 Å². The first-order chi connectivity index (χ1) is 16.0. The fourth-order valence-electron chi connectivity index (χ4n) is 3.87. The van der Waals surface area contributed by atoms with E-state index < -0.39 is 6.10 Å². The maximum atomic E-state index is 10.5. The molecule has 2 atom stereocenters. The number of benzene rings is 2. The quantitative estimate of drug-likeness (QED) is 0.531. The monoisotopic (exact) mass is 451 g/mol. The van der Waals surface area contributed by atoms with E-state index in [9.17, 15) is 5.11 Å². The molecular formula is C24H29N5O4. The number of likely N-dealkylation sites (N-methyl/N-ethyl adjacent to an activating group) is 1. The van der Waals surface area contributed by atoms with Crippen molar-refractivity contribution in [1.29, 1.82) is 0 Å². The average molecular weight is 452 g/mol. The van der Waals surface area contributed by atoms with E-state index >= 15 is 0 Å². The van der Waals surface area contributed by atoms with Gasteiger partial charge in [-0.2, -0.15) is 5.10 Å². The number of methoxy groups -OCH3 is 3. The summed E-state index contributed by atoms with van der Waals surface area (Å²) in [6.45, 7) is 1.30. The second kappa shape index (κ2) is 10.0. The van der Waals surface area contributed by atoms with Gasteiger partial charge >= 0.3 is 0 Å². The molecule has 1 N–H and O–H groups in total. The summed E-state index contributed by atoms with van der Waals surface area (Å²) >= 11 is 0. The van der Waals surface area contributed by atoms with E-state index in [0.717, 1.165) is 34.6 Å². The molecule has 1 aromatic heterocycles. The maximum Gasteiger partial charge on any atom is 0.124 e. The first-order valence-corrected chi connectivity index (χ1v) is 10.7. The Morgan fingerprint density at radius 3 is 2.45 bits per heavy atom. The number of aliphatic hydroxyl groups excluding tert-OH is 1. The lowest BCUT2D eigenvalue weighted by Crippen LogP contribution is -2.31. The van der Waals surface area contributed by atoms with Crippen molar-refractivity contribution in [1.82, 2.24) is 15.0 Å². The summed E-state index contributed by atoms with van der Waals surface area (Å²) in [4.78, 5) is 11.5. The Morgan fingerprint density at radius 1 is 1.06 bits per heavy atom.